The number of aromatic nitrogens is 2. The molecule has 17 heavy (non-hydrogen) atoms. The maximum atomic E-state index is 5.92. The van der Waals surface area contributed by atoms with Gasteiger partial charge in [-0.3, -0.25) is 0 Å². The third kappa shape index (κ3) is 2.69. The minimum absolute atomic E-state index is 0.0363. The molecular weight excluding hydrogens is 261 g/mol. The zero-order valence-electron chi connectivity index (χ0n) is 8.61. The standard InChI is InChI=1S/C10H9Cl2N5/c11-5-1-3-6(4-2-5)15-7-8(12)16-10(14)17-9(7)13/h1-4,15H,(H4,13,14,16,17). The minimum atomic E-state index is 0.0363. The molecule has 5 nitrogen and oxygen atoms in total. The fraction of sp³-hybridized carbons (Fsp3) is 0. The van der Waals surface area contributed by atoms with Gasteiger partial charge in [-0.25, -0.2) is 0 Å². The third-order valence-electron chi connectivity index (χ3n) is 2.02. The molecule has 0 fully saturated rings. The first-order valence-corrected chi connectivity index (χ1v) is 5.43. The molecule has 1 aromatic carbocycles. The molecule has 1 aromatic heterocycles. The summed E-state index contributed by atoms with van der Waals surface area (Å²) in [6.07, 6.45) is 0. The Kier molecular flexibility index (Phi) is 3.21. The molecule has 5 N–H and O–H groups in total. The number of halogens is 2. The molecule has 0 atom stereocenters. The highest BCUT2D eigenvalue weighted by Crippen LogP contribution is 2.29. The van der Waals surface area contributed by atoms with Gasteiger partial charge in [0.25, 0.3) is 0 Å². The van der Waals surface area contributed by atoms with Crippen molar-refractivity contribution in [3.05, 3.63) is 34.4 Å². The molecule has 1 heterocycles. The van der Waals surface area contributed by atoms with Crippen LogP contribution in [0.4, 0.5) is 23.1 Å². The molecule has 88 valence electrons. The van der Waals surface area contributed by atoms with Crippen LogP contribution in [-0.2, 0) is 0 Å². The van der Waals surface area contributed by atoms with Crippen molar-refractivity contribution in [2.24, 2.45) is 0 Å². The molecule has 0 bridgehead atoms. The number of nitrogen functional groups attached to an aromatic ring is 2. The average molecular weight is 270 g/mol. The summed E-state index contributed by atoms with van der Waals surface area (Å²) in [6, 6.07) is 7.06. The van der Waals surface area contributed by atoms with Gasteiger partial charge in [-0.2, -0.15) is 9.97 Å². The van der Waals surface area contributed by atoms with Crippen molar-refractivity contribution in [3.63, 3.8) is 0 Å². The van der Waals surface area contributed by atoms with E-state index in [4.69, 9.17) is 34.7 Å². The summed E-state index contributed by atoms with van der Waals surface area (Å²) < 4.78 is 0. The molecule has 0 spiro atoms. The molecule has 0 amide bonds. The largest absolute Gasteiger partial charge is 0.382 e. The second kappa shape index (κ2) is 4.65. The lowest BCUT2D eigenvalue weighted by molar-refractivity contribution is 1.19. The summed E-state index contributed by atoms with van der Waals surface area (Å²) in [7, 11) is 0. The van der Waals surface area contributed by atoms with Crippen LogP contribution >= 0.6 is 23.2 Å². The predicted molar refractivity (Wildman–Crippen MR) is 70.6 cm³/mol. The van der Waals surface area contributed by atoms with E-state index in [2.05, 4.69) is 15.3 Å². The number of anilines is 4. The molecule has 0 saturated carbocycles. The Morgan fingerprint density at radius 1 is 1.00 bits per heavy atom. The second-order valence-corrected chi connectivity index (χ2v) is 4.06. The van der Waals surface area contributed by atoms with Gasteiger partial charge in [0.2, 0.25) is 5.95 Å². The summed E-state index contributed by atoms with van der Waals surface area (Å²) in [6.45, 7) is 0. The topological polar surface area (TPSA) is 89.8 Å². The quantitative estimate of drug-likeness (QED) is 0.730. The Morgan fingerprint density at radius 3 is 2.24 bits per heavy atom. The van der Waals surface area contributed by atoms with Crippen LogP contribution in [0, 0.1) is 0 Å². The lowest BCUT2D eigenvalue weighted by Gasteiger charge is -2.10. The van der Waals surface area contributed by atoms with E-state index in [1.807, 2.05) is 0 Å². The van der Waals surface area contributed by atoms with E-state index in [9.17, 15) is 0 Å². The molecule has 0 aliphatic carbocycles. The molecule has 0 unspecified atom stereocenters. The summed E-state index contributed by atoms with van der Waals surface area (Å²) in [5.74, 6) is 0.228. The molecule has 0 radical (unpaired) electrons. The van der Waals surface area contributed by atoms with Crippen molar-refractivity contribution in [2.75, 3.05) is 16.8 Å². The van der Waals surface area contributed by atoms with E-state index in [1.165, 1.54) is 0 Å². The maximum absolute atomic E-state index is 5.92. The highest BCUT2D eigenvalue weighted by atomic mass is 35.5. The molecule has 0 saturated heterocycles. The Hall–Kier alpha value is -1.72. The minimum Gasteiger partial charge on any atom is -0.382 e. The second-order valence-electron chi connectivity index (χ2n) is 3.26. The van der Waals surface area contributed by atoms with Gasteiger partial charge < -0.3 is 16.8 Å². The first-order valence-electron chi connectivity index (χ1n) is 4.67. The molecule has 0 aliphatic heterocycles. The van der Waals surface area contributed by atoms with E-state index in [0.717, 1.165) is 5.69 Å². The van der Waals surface area contributed by atoms with Gasteiger partial charge in [0.15, 0.2) is 11.0 Å². The van der Waals surface area contributed by atoms with Crippen molar-refractivity contribution >= 4 is 46.3 Å². The first-order chi connectivity index (χ1) is 8.06. The van der Waals surface area contributed by atoms with Gasteiger partial charge in [-0.1, -0.05) is 23.2 Å². The normalized spacial score (nSPS) is 10.2. The van der Waals surface area contributed by atoms with E-state index in [-0.39, 0.29) is 16.9 Å². The van der Waals surface area contributed by atoms with Gasteiger partial charge >= 0.3 is 0 Å². The highest BCUT2D eigenvalue weighted by Gasteiger charge is 2.09. The fourth-order valence-corrected chi connectivity index (χ4v) is 1.62. The van der Waals surface area contributed by atoms with Crippen LogP contribution in [0.25, 0.3) is 0 Å². The number of nitrogens with one attached hydrogen (secondary N) is 1. The number of nitrogens with two attached hydrogens (primary N) is 2. The first kappa shape index (κ1) is 11.8. The smallest absolute Gasteiger partial charge is 0.223 e. The van der Waals surface area contributed by atoms with Crippen molar-refractivity contribution < 1.29 is 0 Å². The Balaban J connectivity index is 2.33. The summed E-state index contributed by atoms with van der Waals surface area (Å²) in [5.41, 5.74) is 12.3. The molecule has 0 aliphatic rings. The van der Waals surface area contributed by atoms with Crippen LogP contribution in [0.15, 0.2) is 24.3 Å². The number of nitrogens with zero attached hydrogens (tertiary/aromatic N) is 2. The predicted octanol–water partition coefficient (Wildman–Crippen LogP) is 2.69. The van der Waals surface area contributed by atoms with Crippen LogP contribution in [0.2, 0.25) is 10.2 Å². The van der Waals surface area contributed by atoms with Gasteiger partial charge in [0, 0.05) is 10.7 Å². The van der Waals surface area contributed by atoms with Crippen molar-refractivity contribution in [3.8, 4) is 0 Å². The number of benzene rings is 1. The van der Waals surface area contributed by atoms with Crippen LogP contribution in [0.3, 0.4) is 0 Å². The van der Waals surface area contributed by atoms with Crippen LogP contribution in [0.5, 0.6) is 0 Å². The number of rotatable bonds is 2. The zero-order valence-corrected chi connectivity index (χ0v) is 10.1. The zero-order chi connectivity index (χ0) is 12.4. The number of hydrogen-bond acceptors (Lipinski definition) is 5. The van der Waals surface area contributed by atoms with Gasteiger partial charge in [0.05, 0.1) is 0 Å². The lowest BCUT2D eigenvalue weighted by Crippen LogP contribution is -2.04. The lowest BCUT2D eigenvalue weighted by atomic mass is 10.3. The molecule has 2 rings (SSSR count). The summed E-state index contributed by atoms with van der Waals surface area (Å²) in [5, 5.41) is 3.81. The SMILES string of the molecule is Nc1nc(N)c(Nc2ccc(Cl)cc2)c(Cl)n1. The van der Waals surface area contributed by atoms with E-state index >= 15 is 0 Å². The van der Waals surface area contributed by atoms with E-state index in [0.29, 0.717) is 10.7 Å². The maximum Gasteiger partial charge on any atom is 0.223 e. The molecule has 2 aromatic rings. The third-order valence-corrected chi connectivity index (χ3v) is 2.55. The van der Waals surface area contributed by atoms with Crippen molar-refractivity contribution in [2.45, 2.75) is 0 Å². The van der Waals surface area contributed by atoms with Crippen molar-refractivity contribution in [1.82, 2.24) is 9.97 Å². The van der Waals surface area contributed by atoms with Crippen molar-refractivity contribution in [1.29, 1.82) is 0 Å². The summed E-state index contributed by atoms with van der Waals surface area (Å²) >= 11 is 11.7. The van der Waals surface area contributed by atoms with Crippen LogP contribution in [-0.4, -0.2) is 9.97 Å². The summed E-state index contributed by atoms with van der Waals surface area (Å²) in [4.78, 5) is 7.63. The monoisotopic (exact) mass is 269 g/mol. The van der Waals surface area contributed by atoms with Crippen LogP contribution < -0.4 is 16.8 Å². The molecule has 7 heteroatoms. The Bertz CT molecular complexity index is 518. The fourth-order valence-electron chi connectivity index (χ4n) is 1.26. The van der Waals surface area contributed by atoms with Gasteiger partial charge in [-0.15, -0.1) is 0 Å². The molecular formula is C10H9Cl2N5. The van der Waals surface area contributed by atoms with Gasteiger partial charge in [-0.05, 0) is 24.3 Å². The van der Waals surface area contributed by atoms with Gasteiger partial charge in [0.1, 0.15) is 5.69 Å². The average Bonchev–Trinajstić information content (AvgIpc) is 2.26. The highest BCUT2D eigenvalue weighted by molar-refractivity contribution is 6.33. The number of hydrogen-bond donors (Lipinski definition) is 3. The Labute approximate surface area is 108 Å². The Morgan fingerprint density at radius 2 is 1.65 bits per heavy atom. The van der Waals surface area contributed by atoms with E-state index in [1.54, 1.807) is 24.3 Å². The van der Waals surface area contributed by atoms with Crippen LogP contribution in [0.1, 0.15) is 0 Å². The van der Waals surface area contributed by atoms with E-state index < -0.39 is 0 Å².